The number of fused-ring (bicyclic) bond motifs is 1. The van der Waals surface area contributed by atoms with Crippen LogP contribution in [0.4, 0.5) is 0 Å². The van der Waals surface area contributed by atoms with Gasteiger partial charge in [-0.2, -0.15) is 5.10 Å². The fourth-order valence-corrected chi connectivity index (χ4v) is 2.86. The molecule has 6 nitrogen and oxygen atoms in total. The minimum atomic E-state index is -0.977. The Kier molecular flexibility index (Phi) is 3.40. The summed E-state index contributed by atoms with van der Waals surface area (Å²) in [6, 6.07) is 3.36. The van der Waals surface area contributed by atoms with Crippen molar-refractivity contribution in [3.05, 3.63) is 29.7 Å². The summed E-state index contributed by atoms with van der Waals surface area (Å²) in [5.74, 6) is -0.282. The molecule has 1 N–H and O–H groups in total. The number of carboxylic acid groups (broad SMARTS) is 1. The molecule has 0 spiro atoms. The number of aromatic carboxylic acids is 1. The number of rotatable bonds is 3. The maximum Gasteiger partial charge on any atom is 0.354 e. The summed E-state index contributed by atoms with van der Waals surface area (Å²) >= 11 is 0. The third-order valence-electron chi connectivity index (χ3n) is 3.76. The molecule has 1 atom stereocenters. The Labute approximate surface area is 117 Å². The van der Waals surface area contributed by atoms with Gasteiger partial charge in [-0.15, -0.1) is 0 Å². The van der Waals surface area contributed by atoms with Crippen LogP contribution >= 0.6 is 0 Å². The first kappa shape index (κ1) is 13.1. The second-order valence-electron chi connectivity index (χ2n) is 5.52. The second kappa shape index (κ2) is 5.20. The lowest BCUT2D eigenvalue weighted by atomic mass is 10.0. The van der Waals surface area contributed by atoms with Gasteiger partial charge in [-0.3, -0.25) is 4.90 Å². The highest BCUT2D eigenvalue weighted by molar-refractivity contribution is 5.86. The van der Waals surface area contributed by atoms with Crippen molar-refractivity contribution in [1.82, 2.24) is 19.5 Å². The van der Waals surface area contributed by atoms with Gasteiger partial charge in [-0.1, -0.05) is 6.92 Å². The van der Waals surface area contributed by atoms with Crippen LogP contribution < -0.4 is 0 Å². The van der Waals surface area contributed by atoms with E-state index in [4.69, 9.17) is 0 Å². The zero-order valence-electron chi connectivity index (χ0n) is 11.5. The number of hydrogen-bond donors (Lipinski definition) is 1. The van der Waals surface area contributed by atoms with Crippen molar-refractivity contribution in [1.29, 1.82) is 0 Å². The van der Waals surface area contributed by atoms with Crippen LogP contribution in [0.5, 0.6) is 0 Å². The normalized spacial score (nSPS) is 20.4. The van der Waals surface area contributed by atoms with Crippen LogP contribution in [0.2, 0.25) is 0 Å². The Balaban J connectivity index is 1.89. The first-order valence-corrected chi connectivity index (χ1v) is 6.93. The second-order valence-corrected chi connectivity index (χ2v) is 5.52. The predicted octanol–water partition coefficient (Wildman–Crippen LogP) is 1.66. The van der Waals surface area contributed by atoms with Crippen molar-refractivity contribution < 1.29 is 9.90 Å². The Bertz CT molecular complexity index is 637. The number of carbonyl (C=O) groups is 1. The van der Waals surface area contributed by atoms with E-state index in [2.05, 4.69) is 21.9 Å². The minimum absolute atomic E-state index is 0.167. The average molecular weight is 274 g/mol. The van der Waals surface area contributed by atoms with E-state index in [0.717, 1.165) is 18.8 Å². The van der Waals surface area contributed by atoms with E-state index < -0.39 is 5.97 Å². The van der Waals surface area contributed by atoms with Crippen molar-refractivity contribution in [2.45, 2.75) is 26.3 Å². The number of hydrogen-bond acceptors (Lipinski definition) is 4. The number of aromatic nitrogens is 3. The van der Waals surface area contributed by atoms with E-state index in [1.54, 1.807) is 18.3 Å². The quantitative estimate of drug-likeness (QED) is 0.921. The molecule has 0 aliphatic carbocycles. The van der Waals surface area contributed by atoms with Crippen LogP contribution in [0.25, 0.3) is 5.65 Å². The largest absolute Gasteiger partial charge is 0.477 e. The Morgan fingerprint density at radius 3 is 3.15 bits per heavy atom. The highest BCUT2D eigenvalue weighted by Gasteiger charge is 2.18. The summed E-state index contributed by atoms with van der Waals surface area (Å²) in [5, 5.41) is 13.3. The summed E-state index contributed by atoms with van der Waals surface area (Å²) in [6.45, 7) is 5.06. The van der Waals surface area contributed by atoms with Crippen molar-refractivity contribution in [2.75, 3.05) is 13.1 Å². The van der Waals surface area contributed by atoms with E-state index in [9.17, 15) is 9.90 Å². The molecule has 3 heterocycles. The van der Waals surface area contributed by atoms with Gasteiger partial charge in [-0.25, -0.2) is 14.3 Å². The van der Waals surface area contributed by atoms with Crippen molar-refractivity contribution in [3.8, 4) is 0 Å². The van der Waals surface area contributed by atoms with Gasteiger partial charge in [0.2, 0.25) is 0 Å². The third kappa shape index (κ3) is 2.51. The molecule has 3 rings (SSSR count). The molecule has 20 heavy (non-hydrogen) atoms. The van der Waals surface area contributed by atoms with Gasteiger partial charge in [-0.05, 0) is 31.4 Å². The molecule has 0 amide bonds. The number of carboxylic acids is 1. The lowest BCUT2D eigenvalue weighted by molar-refractivity contribution is 0.0686. The molecule has 2 aromatic rings. The molecule has 0 aromatic carbocycles. The van der Waals surface area contributed by atoms with Crippen LogP contribution in [0.3, 0.4) is 0 Å². The zero-order valence-corrected chi connectivity index (χ0v) is 11.5. The maximum atomic E-state index is 11.3. The summed E-state index contributed by atoms with van der Waals surface area (Å²) in [5.41, 5.74) is 1.55. The van der Waals surface area contributed by atoms with Crippen molar-refractivity contribution >= 4 is 11.6 Å². The molecular weight excluding hydrogens is 256 g/mol. The minimum Gasteiger partial charge on any atom is -0.477 e. The molecule has 1 aliphatic heterocycles. The number of nitrogens with zero attached hydrogens (tertiary/aromatic N) is 4. The SMILES string of the molecule is C[C@H]1CCCN(Cc2cc(C(=O)O)n3nccc3n2)C1. The smallest absolute Gasteiger partial charge is 0.354 e. The van der Waals surface area contributed by atoms with E-state index in [0.29, 0.717) is 18.1 Å². The Morgan fingerprint density at radius 2 is 2.40 bits per heavy atom. The molecule has 0 unspecified atom stereocenters. The maximum absolute atomic E-state index is 11.3. The summed E-state index contributed by atoms with van der Waals surface area (Å²) in [4.78, 5) is 18.1. The highest BCUT2D eigenvalue weighted by Crippen LogP contribution is 2.18. The van der Waals surface area contributed by atoms with Gasteiger partial charge in [0.15, 0.2) is 11.3 Å². The molecule has 6 heteroatoms. The topological polar surface area (TPSA) is 70.7 Å². The van der Waals surface area contributed by atoms with Crippen molar-refractivity contribution in [3.63, 3.8) is 0 Å². The first-order valence-electron chi connectivity index (χ1n) is 6.93. The Morgan fingerprint density at radius 1 is 1.55 bits per heavy atom. The molecular formula is C14H18N4O2. The lowest BCUT2D eigenvalue weighted by Gasteiger charge is -2.30. The van der Waals surface area contributed by atoms with Crippen LogP contribution in [0.15, 0.2) is 18.3 Å². The molecule has 2 aromatic heterocycles. The Hall–Kier alpha value is -1.95. The summed E-state index contributed by atoms with van der Waals surface area (Å²) in [6.07, 6.45) is 4.04. The average Bonchev–Trinajstić information content (AvgIpc) is 2.85. The molecule has 106 valence electrons. The standard InChI is InChI=1S/C14H18N4O2/c1-10-3-2-6-17(8-10)9-11-7-12(14(19)20)18-13(16-11)4-5-15-18/h4-5,7,10H,2-3,6,8-9H2,1H3,(H,19,20)/t10-/m0/s1. The number of piperidine rings is 1. The van der Waals surface area contributed by atoms with Gasteiger partial charge in [0.1, 0.15) is 0 Å². The van der Waals surface area contributed by atoms with E-state index >= 15 is 0 Å². The molecule has 0 radical (unpaired) electrons. The third-order valence-corrected chi connectivity index (χ3v) is 3.76. The lowest BCUT2D eigenvalue weighted by Crippen LogP contribution is -2.34. The molecule has 0 saturated carbocycles. The van der Waals surface area contributed by atoms with E-state index in [-0.39, 0.29) is 5.69 Å². The van der Waals surface area contributed by atoms with Gasteiger partial charge >= 0.3 is 5.97 Å². The molecule has 1 fully saturated rings. The fraction of sp³-hybridized carbons (Fsp3) is 0.500. The van der Waals surface area contributed by atoms with Crippen LogP contribution in [-0.2, 0) is 6.54 Å². The van der Waals surface area contributed by atoms with E-state index in [1.165, 1.54) is 17.4 Å². The fourth-order valence-electron chi connectivity index (χ4n) is 2.86. The zero-order chi connectivity index (χ0) is 14.1. The predicted molar refractivity (Wildman–Crippen MR) is 73.6 cm³/mol. The summed E-state index contributed by atoms with van der Waals surface area (Å²) in [7, 11) is 0. The van der Waals surface area contributed by atoms with Crippen LogP contribution in [0.1, 0.15) is 35.9 Å². The molecule has 0 bridgehead atoms. The number of likely N-dealkylation sites (tertiary alicyclic amines) is 1. The summed E-state index contributed by atoms with van der Waals surface area (Å²) < 4.78 is 1.37. The van der Waals surface area contributed by atoms with Crippen LogP contribution in [0, 0.1) is 5.92 Å². The van der Waals surface area contributed by atoms with Gasteiger partial charge in [0.05, 0.1) is 11.9 Å². The first-order chi connectivity index (χ1) is 9.63. The van der Waals surface area contributed by atoms with E-state index in [1.807, 2.05) is 0 Å². The highest BCUT2D eigenvalue weighted by atomic mass is 16.4. The van der Waals surface area contributed by atoms with Gasteiger partial charge in [0.25, 0.3) is 0 Å². The van der Waals surface area contributed by atoms with Crippen molar-refractivity contribution in [2.24, 2.45) is 5.92 Å². The monoisotopic (exact) mass is 274 g/mol. The molecule has 1 saturated heterocycles. The van der Waals surface area contributed by atoms with Gasteiger partial charge in [0, 0.05) is 19.2 Å². The van der Waals surface area contributed by atoms with Crippen LogP contribution in [-0.4, -0.2) is 43.7 Å². The molecule has 1 aliphatic rings. The van der Waals surface area contributed by atoms with Gasteiger partial charge < -0.3 is 5.11 Å².